The summed E-state index contributed by atoms with van der Waals surface area (Å²) in [7, 11) is 0. The Labute approximate surface area is 113 Å². The summed E-state index contributed by atoms with van der Waals surface area (Å²) in [6, 6.07) is 1.81. The molecule has 2 nitrogen and oxygen atoms in total. The summed E-state index contributed by atoms with van der Waals surface area (Å²) >= 11 is 0. The molecule has 2 unspecified atom stereocenters. The molecule has 2 heteroatoms. The van der Waals surface area contributed by atoms with Crippen molar-refractivity contribution in [2.45, 2.75) is 70.4 Å². The molecule has 2 atom stereocenters. The normalized spacial score (nSPS) is 32.2. The van der Waals surface area contributed by atoms with Crippen LogP contribution in [0.1, 0.15) is 58.3 Å². The van der Waals surface area contributed by atoms with Crippen molar-refractivity contribution in [2.75, 3.05) is 19.6 Å². The van der Waals surface area contributed by atoms with E-state index in [2.05, 4.69) is 17.1 Å². The first-order chi connectivity index (χ1) is 8.83. The van der Waals surface area contributed by atoms with E-state index < -0.39 is 0 Å². The van der Waals surface area contributed by atoms with Gasteiger partial charge in [-0.25, -0.2) is 0 Å². The maximum atomic E-state index is 3.69. The zero-order chi connectivity index (χ0) is 12.4. The Morgan fingerprint density at radius 2 is 1.83 bits per heavy atom. The van der Waals surface area contributed by atoms with Crippen molar-refractivity contribution < 1.29 is 0 Å². The zero-order valence-corrected chi connectivity index (χ0v) is 12.0. The SMILES string of the molecule is CC(CNC1CC1)CN1CCCC1C1CCCC1. The van der Waals surface area contributed by atoms with Gasteiger partial charge >= 0.3 is 0 Å². The van der Waals surface area contributed by atoms with Crippen LogP contribution in [-0.2, 0) is 0 Å². The van der Waals surface area contributed by atoms with Crippen molar-refractivity contribution in [2.24, 2.45) is 11.8 Å². The van der Waals surface area contributed by atoms with Gasteiger partial charge < -0.3 is 5.32 Å². The van der Waals surface area contributed by atoms with Gasteiger partial charge in [0.2, 0.25) is 0 Å². The summed E-state index contributed by atoms with van der Waals surface area (Å²) in [4.78, 5) is 2.83. The van der Waals surface area contributed by atoms with Crippen LogP contribution >= 0.6 is 0 Å². The fourth-order valence-electron chi connectivity index (χ4n) is 4.07. The first kappa shape index (κ1) is 12.9. The standard InChI is InChI=1S/C16H30N2/c1-13(11-17-15-8-9-15)12-18-10-4-7-16(18)14-5-2-3-6-14/h13-17H,2-12H2,1H3. The molecule has 0 bridgehead atoms. The number of nitrogens with one attached hydrogen (secondary N) is 1. The maximum Gasteiger partial charge on any atom is 0.0124 e. The summed E-state index contributed by atoms with van der Waals surface area (Å²) in [6.45, 7) is 6.37. The van der Waals surface area contributed by atoms with Crippen molar-refractivity contribution in [3.05, 3.63) is 0 Å². The molecule has 1 saturated heterocycles. The van der Waals surface area contributed by atoms with Gasteiger partial charge in [-0.1, -0.05) is 19.8 Å². The van der Waals surface area contributed by atoms with Gasteiger partial charge in [-0.15, -0.1) is 0 Å². The van der Waals surface area contributed by atoms with E-state index >= 15 is 0 Å². The summed E-state index contributed by atoms with van der Waals surface area (Å²) in [5.74, 6) is 1.86. The van der Waals surface area contributed by atoms with Gasteiger partial charge in [0.25, 0.3) is 0 Å². The van der Waals surface area contributed by atoms with Crippen LogP contribution in [0.5, 0.6) is 0 Å². The van der Waals surface area contributed by atoms with Crippen molar-refractivity contribution in [3.8, 4) is 0 Å². The molecule has 3 fully saturated rings. The molecule has 0 aromatic rings. The Kier molecular flexibility index (Phi) is 4.25. The van der Waals surface area contributed by atoms with Crippen LogP contribution in [-0.4, -0.2) is 36.6 Å². The van der Waals surface area contributed by atoms with Gasteiger partial charge in [0.05, 0.1) is 0 Å². The minimum Gasteiger partial charge on any atom is -0.314 e. The highest BCUT2D eigenvalue weighted by Gasteiger charge is 2.33. The number of hydrogen-bond donors (Lipinski definition) is 1. The second-order valence-corrected chi connectivity index (χ2v) is 7.04. The maximum absolute atomic E-state index is 3.69. The quantitative estimate of drug-likeness (QED) is 0.779. The molecule has 1 N–H and O–H groups in total. The molecule has 18 heavy (non-hydrogen) atoms. The molecule has 1 aliphatic heterocycles. The van der Waals surface area contributed by atoms with Gasteiger partial charge in [0, 0.05) is 18.6 Å². The number of rotatable bonds is 6. The van der Waals surface area contributed by atoms with E-state index in [-0.39, 0.29) is 0 Å². The average molecular weight is 250 g/mol. The smallest absolute Gasteiger partial charge is 0.0124 e. The van der Waals surface area contributed by atoms with Gasteiger partial charge in [0.15, 0.2) is 0 Å². The van der Waals surface area contributed by atoms with E-state index in [1.165, 1.54) is 71.0 Å². The second kappa shape index (κ2) is 5.92. The fourth-order valence-corrected chi connectivity index (χ4v) is 4.07. The molecule has 0 spiro atoms. The molecular formula is C16H30N2. The topological polar surface area (TPSA) is 15.3 Å². The van der Waals surface area contributed by atoms with Crippen LogP contribution in [0, 0.1) is 11.8 Å². The third-order valence-corrected chi connectivity index (χ3v) is 5.24. The van der Waals surface area contributed by atoms with Crippen LogP contribution < -0.4 is 5.32 Å². The van der Waals surface area contributed by atoms with E-state index in [0.717, 1.165) is 23.9 Å². The summed E-state index contributed by atoms with van der Waals surface area (Å²) in [5, 5.41) is 3.69. The lowest BCUT2D eigenvalue weighted by Gasteiger charge is -2.31. The molecule has 2 saturated carbocycles. The third kappa shape index (κ3) is 3.27. The van der Waals surface area contributed by atoms with Crippen LogP contribution in [0.3, 0.4) is 0 Å². The second-order valence-electron chi connectivity index (χ2n) is 7.04. The van der Waals surface area contributed by atoms with Crippen molar-refractivity contribution >= 4 is 0 Å². The molecule has 2 aliphatic carbocycles. The molecule has 0 aromatic carbocycles. The molecule has 1 heterocycles. The lowest BCUT2D eigenvalue weighted by Crippen LogP contribution is -2.39. The predicted octanol–water partition coefficient (Wildman–Crippen LogP) is 3.03. The fraction of sp³-hybridized carbons (Fsp3) is 1.00. The van der Waals surface area contributed by atoms with E-state index in [9.17, 15) is 0 Å². The Bertz CT molecular complexity index is 256. The molecular weight excluding hydrogens is 220 g/mol. The largest absolute Gasteiger partial charge is 0.314 e. The summed E-state index contributed by atoms with van der Waals surface area (Å²) in [6.07, 6.45) is 11.8. The Morgan fingerprint density at radius 1 is 1.06 bits per heavy atom. The summed E-state index contributed by atoms with van der Waals surface area (Å²) < 4.78 is 0. The first-order valence-electron chi connectivity index (χ1n) is 8.30. The molecule has 104 valence electrons. The predicted molar refractivity (Wildman–Crippen MR) is 76.7 cm³/mol. The summed E-state index contributed by atoms with van der Waals surface area (Å²) in [5.41, 5.74) is 0. The highest BCUT2D eigenvalue weighted by molar-refractivity contribution is 4.88. The van der Waals surface area contributed by atoms with Crippen molar-refractivity contribution in [1.29, 1.82) is 0 Å². The van der Waals surface area contributed by atoms with Crippen LogP contribution in [0.25, 0.3) is 0 Å². The highest BCUT2D eigenvalue weighted by atomic mass is 15.2. The number of nitrogens with zero attached hydrogens (tertiary/aromatic N) is 1. The Morgan fingerprint density at radius 3 is 2.56 bits per heavy atom. The molecule has 0 radical (unpaired) electrons. The lowest BCUT2D eigenvalue weighted by atomic mass is 9.95. The molecule has 0 amide bonds. The van der Waals surface area contributed by atoms with Gasteiger partial charge in [-0.3, -0.25) is 4.90 Å². The van der Waals surface area contributed by atoms with E-state index in [1.807, 2.05) is 0 Å². The van der Waals surface area contributed by atoms with E-state index in [0.29, 0.717) is 0 Å². The lowest BCUT2D eigenvalue weighted by molar-refractivity contribution is 0.167. The third-order valence-electron chi connectivity index (χ3n) is 5.24. The van der Waals surface area contributed by atoms with Crippen LogP contribution in [0.4, 0.5) is 0 Å². The van der Waals surface area contributed by atoms with E-state index in [4.69, 9.17) is 0 Å². The molecule has 3 rings (SSSR count). The van der Waals surface area contributed by atoms with Crippen LogP contribution in [0.15, 0.2) is 0 Å². The van der Waals surface area contributed by atoms with Gasteiger partial charge in [-0.05, 0) is 63.5 Å². The van der Waals surface area contributed by atoms with Gasteiger partial charge in [0.1, 0.15) is 0 Å². The molecule has 3 aliphatic rings. The monoisotopic (exact) mass is 250 g/mol. The highest BCUT2D eigenvalue weighted by Crippen LogP contribution is 2.35. The number of hydrogen-bond acceptors (Lipinski definition) is 2. The minimum absolute atomic E-state index is 0.826. The van der Waals surface area contributed by atoms with E-state index in [1.54, 1.807) is 0 Å². The minimum atomic E-state index is 0.826. The first-order valence-corrected chi connectivity index (χ1v) is 8.30. The van der Waals surface area contributed by atoms with Crippen LogP contribution in [0.2, 0.25) is 0 Å². The number of likely N-dealkylation sites (tertiary alicyclic amines) is 1. The molecule has 0 aromatic heterocycles. The average Bonchev–Trinajstić information content (AvgIpc) is 2.85. The zero-order valence-electron chi connectivity index (χ0n) is 12.0. The van der Waals surface area contributed by atoms with Gasteiger partial charge in [-0.2, -0.15) is 0 Å². The van der Waals surface area contributed by atoms with Crippen molar-refractivity contribution in [1.82, 2.24) is 10.2 Å². The van der Waals surface area contributed by atoms with Crippen molar-refractivity contribution in [3.63, 3.8) is 0 Å². The Balaban J connectivity index is 1.44. The Hall–Kier alpha value is -0.0800.